The fourth-order valence-electron chi connectivity index (χ4n) is 2.27. The van der Waals surface area contributed by atoms with Crippen LogP contribution in [0, 0.1) is 10.1 Å². The minimum absolute atomic E-state index is 0.0914. The number of fused-ring (bicyclic) bond motifs is 1. The van der Waals surface area contributed by atoms with Crippen molar-refractivity contribution in [1.82, 2.24) is 0 Å². The minimum atomic E-state index is -3.71. The molecule has 0 fully saturated rings. The van der Waals surface area contributed by atoms with E-state index in [1.807, 2.05) is 0 Å². The van der Waals surface area contributed by atoms with E-state index in [4.69, 9.17) is 0 Å². The van der Waals surface area contributed by atoms with Gasteiger partial charge in [0.05, 0.1) is 4.92 Å². The molecule has 2 aromatic rings. The summed E-state index contributed by atoms with van der Waals surface area (Å²) in [7, 11) is 0. The third-order valence-electron chi connectivity index (χ3n) is 3.52. The number of nitro benzene ring substituents is 1. The average Bonchev–Trinajstić information content (AvgIpc) is 2.88. The van der Waals surface area contributed by atoms with Crippen molar-refractivity contribution in [1.29, 1.82) is 0 Å². The lowest BCUT2D eigenvalue weighted by atomic mass is 10.2. The molecule has 2 aromatic carbocycles. The summed E-state index contributed by atoms with van der Waals surface area (Å²) in [6, 6.07) is 8.71. The Labute approximate surface area is 145 Å². The van der Waals surface area contributed by atoms with Crippen molar-refractivity contribution in [2.75, 3.05) is 10.6 Å². The highest BCUT2D eigenvalue weighted by atomic mass is 19.3. The molecule has 1 aliphatic heterocycles. The van der Waals surface area contributed by atoms with Crippen LogP contribution in [0.1, 0.15) is 6.92 Å². The Hall–Kier alpha value is -3.43. The predicted molar refractivity (Wildman–Crippen MR) is 87.5 cm³/mol. The van der Waals surface area contributed by atoms with Crippen molar-refractivity contribution in [3.05, 3.63) is 52.6 Å². The van der Waals surface area contributed by atoms with E-state index in [9.17, 15) is 23.7 Å². The van der Waals surface area contributed by atoms with Crippen LogP contribution in [0.15, 0.2) is 42.5 Å². The molecule has 2 N–H and O–H groups in total. The summed E-state index contributed by atoms with van der Waals surface area (Å²) in [5.74, 6) is -0.645. The number of alkyl halides is 2. The summed E-state index contributed by atoms with van der Waals surface area (Å²) in [5.41, 5.74) is 0.683. The third kappa shape index (κ3) is 3.79. The van der Waals surface area contributed by atoms with Gasteiger partial charge in [0.1, 0.15) is 6.04 Å². The van der Waals surface area contributed by atoms with Gasteiger partial charge in [0.15, 0.2) is 11.5 Å². The molecular weight excluding hydrogens is 352 g/mol. The molecule has 26 heavy (non-hydrogen) atoms. The molecule has 0 saturated heterocycles. The predicted octanol–water partition coefficient (Wildman–Crippen LogP) is 3.36. The number of amides is 1. The molecule has 1 unspecified atom stereocenters. The highest BCUT2D eigenvalue weighted by Gasteiger charge is 2.43. The maximum absolute atomic E-state index is 13.0. The molecule has 1 atom stereocenters. The van der Waals surface area contributed by atoms with Gasteiger partial charge in [-0.25, -0.2) is 0 Å². The first kappa shape index (κ1) is 17.4. The number of anilines is 2. The zero-order valence-corrected chi connectivity index (χ0v) is 13.4. The maximum Gasteiger partial charge on any atom is 0.586 e. The molecule has 0 bridgehead atoms. The fourth-order valence-corrected chi connectivity index (χ4v) is 2.27. The van der Waals surface area contributed by atoms with E-state index in [1.54, 1.807) is 6.92 Å². The van der Waals surface area contributed by atoms with Gasteiger partial charge < -0.3 is 20.1 Å². The quantitative estimate of drug-likeness (QED) is 0.622. The smallest absolute Gasteiger partial charge is 0.395 e. The monoisotopic (exact) mass is 365 g/mol. The van der Waals surface area contributed by atoms with Crippen LogP contribution in [0.25, 0.3) is 0 Å². The van der Waals surface area contributed by atoms with Gasteiger partial charge in [-0.3, -0.25) is 14.9 Å². The van der Waals surface area contributed by atoms with Crippen LogP contribution in [-0.2, 0) is 4.79 Å². The lowest BCUT2D eigenvalue weighted by molar-refractivity contribution is -0.384. The average molecular weight is 365 g/mol. The topological polar surface area (TPSA) is 103 Å². The van der Waals surface area contributed by atoms with Gasteiger partial charge in [-0.15, -0.1) is 8.78 Å². The van der Waals surface area contributed by atoms with E-state index in [1.165, 1.54) is 42.5 Å². The first-order chi connectivity index (χ1) is 12.2. The lowest BCUT2D eigenvalue weighted by Crippen LogP contribution is -2.31. The normalized spacial score (nSPS) is 15.2. The minimum Gasteiger partial charge on any atom is -0.395 e. The molecule has 0 spiro atoms. The molecule has 136 valence electrons. The zero-order valence-electron chi connectivity index (χ0n) is 13.4. The molecule has 1 heterocycles. The Morgan fingerprint density at radius 3 is 2.38 bits per heavy atom. The van der Waals surface area contributed by atoms with Crippen molar-refractivity contribution in [2.24, 2.45) is 0 Å². The van der Waals surface area contributed by atoms with Crippen LogP contribution in [-0.4, -0.2) is 23.2 Å². The second-order valence-electron chi connectivity index (χ2n) is 5.49. The van der Waals surface area contributed by atoms with Gasteiger partial charge in [0, 0.05) is 29.6 Å². The number of benzene rings is 2. The number of nitrogens with zero attached hydrogens (tertiary/aromatic N) is 1. The summed E-state index contributed by atoms with van der Waals surface area (Å²) in [5, 5.41) is 16.1. The van der Waals surface area contributed by atoms with Crippen LogP contribution in [0.4, 0.5) is 25.8 Å². The van der Waals surface area contributed by atoms with Gasteiger partial charge in [-0.1, -0.05) is 0 Å². The number of ether oxygens (including phenoxy) is 2. The maximum atomic E-state index is 13.0. The number of carbonyl (C=O) groups excluding carboxylic acids is 1. The summed E-state index contributed by atoms with van der Waals surface area (Å²) < 4.78 is 34.7. The third-order valence-corrected chi connectivity index (χ3v) is 3.52. The second kappa shape index (κ2) is 6.47. The number of nitrogens with one attached hydrogen (secondary N) is 2. The molecule has 1 amide bonds. The van der Waals surface area contributed by atoms with Crippen LogP contribution >= 0.6 is 0 Å². The van der Waals surface area contributed by atoms with Crippen molar-refractivity contribution >= 4 is 23.0 Å². The molecular formula is C16H13F2N3O5. The first-order valence-electron chi connectivity index (χ1n) is 7.45. The molecule has 0 aliphatic carbocycles. The van der Waals surface area contributed by atoms with Crippen molar-refractivity contribution in [3.63, 3.8) is 0 Å². The van der Waals surface area contributed by atoms with Gasteiger partial charge in [0.2, 0.25) is 5.91 Å². The van der Waals surface area contributed by atoms with Gasteiger partial charge >= 0.3 is 6.29 Å². The molecule has 0 saturated carbocycles. The van der Waals surface area contributed by atoms with E-state index < -0.39 is 23.2 Å². The number of nitro groups is 1. The lowest BCUT2D eigenvalue weighted by Gasteiger charge is -2.15. The highest BCUT2D eigenvalue weighted by Crippen LogP contribution is 2.42. The SMILES string of the molecule is CC(Nc1ccc2c(c1)OC(F)(F)O2)C(=O)Nc1ccc([N+](=O)[O-])cc1. The Balaban J connectivity index is 1.62. The van der Waals surface area contributed by atoms with E-state index in [0.717, 1.165) is 0 Å². The van der Waals surface area contributed by atoms with Crippen LogP contribution in [0.5, 0.6) is 11.5 Å². The van der Waals surface area contributed by atoms with E-state index in [2.05, 4.69) is 20.1 Å². The Bertz CT molecular complexity index is 857. The number of rotatable bonds is 5. The zero-order chi connectivity index (χ0) is 18.9. The molecule has 0 radical (unpaired) electrons. The first-order valence-corrected chi connectivity index (χ1v) is 7.45. The molecule has 10 heteroatoms. The molecule has 8 nitrogen and oxygen atoms in total. The largest absolute Gasteiger partial charge is 0.586 e. The highest BCUT2D eigenvalue weighted by molar-refractivity contribution is 5.96. The number of halogens is 2. The van der Waals surface area contributed by atoms with Crippen LogP contribution < -0.4 is 20.1 Å². The summed E-state index contributed by atoms with van der Waals surface area (Å²) in [4.78, 5) is 22.3. The van der Waals surface area contributed by atoms with Gasteiger partial charge in [0.25, 0.3) is 5.69 Å². The van der Waals surface area contributed by atoms with E-state index >= 15 is 0 Å². The van der Waals surface area contributed by atoms with Crippen molar-refractivity contribution < 1.29 is 28.0 Å². The van der Waals surface area contributed by atoms with Crippen molar-refractivity contribution in [3.8, 4) is 11.5 Å². The van der Waals surface area contributed by atoms with Gasteiger partial charge in [-0.2, -0.15) is 0 Å². The number of carbonyl (C=O) groups is 1. The summed E-state index contributed by atoms with van der Waals surface area (Å²) in [6.07, 6.45) is -3.71. The Morgan fingerprint density at radius 2 is 1.73 bits per heavy atom. The Morgan fingerprint density at radius 1 is 1.12 bits per heavy atom. The standard InChI is InChI=1S/C16H13F2N3O5/c1-9(15(22)20-10-2-5-12(6-3-10)21(23)24)19-11-4-7-13-14(8-11)26-16(17,18)25-13/h2-9,19H,1H3,(H,20,22). The van der Waals surface area contributed by atoms with Crippen LogP contribution in [0.2, 0.25) is 0 Å². The molecule has 3 rings (SSSR count). The van der Waals surface area contributed by atoms with E-state index in [-0.39, 0.29) is 17.2 Å². The fraction of sp³-hybridized carbons (Fsp3) is 0.188. The van der Waals surface area contributed by atoms with E-state index in [0.29, 0.717) is 11.4 Å². The Kier molecular flexibility index (Phi) is 4.33. The number of hydrogen-bond donors (Lipinski definition) is 2. The number of hydrogen-bond acceptors (Lipinski definition) is 6. The van der Waals surface area contributed by atoms with Gasteiger partial charge in [-0.05, 0) is 31.2 Å². The molecule has 0 aromatic heterocycles. The number of non-ortho nitro benzene ring substituents is 1. The van der Waals surface area contributed by atoms with Crippen molar-refractivity contribution in [2.45, 2.75) is 19.3 Å². The van der Waals surface area contributed by atoms with Crippen LogP contribution in [0.3, 0.4) is 0 Å². The summed E-state index contributed by atoms with van der Waals surface area (Å²) >= 11 is 0. The molecule has 1 aliphatic rings. The second-order valence-corrected chi connectivity index (χ2v) is 5.49. The summed E-state index contributed by atoms with van der Waals surface area (Å²) in [6.45, 7) is 1.57.